The highest BCUT2D eigenvalue weighted by Crippen LogP contribution is 2.04. The second kappa shape index (κ2) is 3.62. The molecule has 0 spiro atoms. The molecule has 9 heavy (non-hydrogen) atoms. The van der Waals surface area contributed by atoms with Gasteiger partial charge in [-0.1, -0.05) is 20.3 Å². The van der Waals surface area contributed by atoms with Crippen molar-refractivity contribution in [3.05, 3.63) is 6.92 Å². The highest BCUT2D eigenvalue weighted by atomic mass is 16.1. The van der Waals surface area contributed by atoms with Crippen LogP contribution >= 0.6 is 0 Å². The van der Waals surface area contributed by atoms with Crippen molar-refractivity contribution in [2.24, 2.45) is 11.7 Å². The minimum absolute atomic E-state index is 0.163. The Hall–Kier alpha value is -0.370. The van der Waals surface area contributed by atoms with Crippen LogP contribution in [0.15, 0.2) is 0 Å². The zero-order valence-electron chi connectivity index (χ0n) is 6.05. The molecule has 0 unspecified atom stereocenters. The zero-order chi connectivity index (χ0) is 7.44. The lowest BCUT2D eigenvalue weighted by atomic mass is 9.97. The minimum Gasteiger partial charge on any atom is -0.321 e. The van der Waals surface area contributed by atoms with Crippen molar-refractivity contribution in [1.29, 1.82) is 0 Å². The van der Waals surface area contributed by atoms with Crippen molar-refractivity contribution in [3.63, 3.8) is 0 Å². The molecule has 0 fully saturated rings. The van der Waals surface area contributed by atoms with Gasteiger partial charge in [0.25, 0.3) is 0 Å². The van der Waals surface area contributed by atoms with E-state index < -0.39 is 0 Å². The number of carbonyl (C=O) groups excluding carboxylic acids is 1. The van der Waals surface area contributed by atoms with E-state index in [1.54, 1.807) is 0 Å². The third-order valence-electron chi connectivity index (χ3n) is 1.63. The van der Waals surface area contributed by atoms with E-state index in [0.29, 0.717) is 0 Å². The lowest BCUT2D eigenvalue weighted by Gasteiger charge is -2.13. The summed E-state index contributed by atoms with van der Waals surface area (Å²) in [4.78, 5) is 10.5. The first-order valence-corrected chi connectivity index (χ1v) is 3.21. The van der Waals surface area contributed by atoms with Gasteiger partial charge in [-0.15, -0.1) is 0 Å². The fraction of sp³-hybridized carbons (Fsp3) is 0.714. The summed E-state index contributed by atoms with van der Waals surface area (Å²) in [6.45, 7) is 7.20. The molecule has 0 aromatic rings. The van der Waals surface area contributed by atoms with Crippen LogP contribution in [0, 0.1) is 12.8 Å². The molecule has 53 valence electrons. The molecule has 2 atom stereocenters. The molecule has 1 radical (unpaired) electrons. The minimum atomic E-state index is -0.366. The lowest BCUT2D eigenvalue weighted by molar-refractivity contribution is -0.117. The van der Waals surface area contributed by atoms with Crippen molar-refractivity contribution in [3.8, 4) is 0 Å². The summed E-state index contributed by atoms with van der Waals surface area (Å²) in [7, 11) is 0. The molecule has 2 heteroatoms. The largest absolute Gasteiger partial charge is 0.321 e. The Bertz CT molecular complexity index is 101. The van der Waals surface area contributed by atoms with Gasteiger partial charge >= 0.3 is 0 Å². The topological polar surface area (TPSA) is 43.1 Å². The van der Waals surface area contributed by atoms with Crippen LogP contribution in [0.1, 0.15) is 20.3 Å². The van der Waals surface area contributed by atoms with Crippen LogP contribution in [0.4, 0.5) is 0 Å². The van der Waals surface area contributed by atoms with Gasteiger partial charge in [0, 0.05) is 6.92 Å². The van der Waals surface area contributed by atoms with Crippen LogP contribution in [0.5, 0.6) is 0 Å². The van der Waals surface area contributed by atoms with E-state index >= 15 is 0 Å². The number of nitrogens with two attached hydrogens (primary N) is 1. The predicted octanol–water partition coefficient (Wildman–Crippen LogP) is 0.763. The average molecular weight is 128 g/mol. The smallest absolute Gasteiger partial charge is 0.150 e. The Morgan fingerprint density at radius 2 is 2.22 bits per heavy atom. The van der Waals surface area contributed by atoms with Crippen molar-refractivity contribution >= 4 is 5.78 Å². The number of rotatable bonds is 3. The number of ketones is 1. The van der Waals surface area contributed by atoms with E-state index in [2.05, 4.69) is 6.92 Å². The van der Waals surface area contributed by atoms with E-state index in [0.717, 1.165) is 6.42 Å². The summed E-state index contributed by atoms with van der Waals surface area (Å²) in [6, 6.07) is -0.366. The quantitative estimate of drug-likeness (QED) is 0.610. The SMILES string of the molecule is [CH2]C(=O)[C@@H](N)[C@@H](C)CC. The van der Waals surface area contributed by atoms with Gasteiger partial charge in [0.2, 0.25) is 0 Å². The molecule has 0 aliphatic carbocycles. The van der Waals surface area contributed by atoms with E-state index in [-0.39, 0.29) is 17.7 Å². The molecule has 0 saturated carbocycles. The van der Waals surface area contributed by atoms with E-state index in [9.17, 15) is 4.79 Å². The molecule has 0 aromatic carbocycles. The Morgan fingerprint density at radius 3 is 2.33 bits per heavy atom. The maximum absolute atomic E-state index is 10.5. The summed E-state index contributed by atoms with van der Waals surface area (Å²) in [6.07, 6.45) is 0.933. The zero-order valence-corrected chi connectivity index (χ0v) is 6.05. The monoisotopic (exact) mass is 128 g/mol. The molecule has 0 rings (SSSR count). The van der Waals surface area contributed by atoms with Gasteiger partial charge in [0.05, 0.1) is 6.04 Å². The Kier molecular flexibility index (Phi) is 3.47. The second-order valence-electron chi connectivity index (χ2n) is 2.38. The van der Waals surface area contributed by atoms with Gasteiger partial charge in [-0.05, 0) is 5.92 Å². The first-order valence-electron chi connectivity index (χ1n) is 3.21. The van der Waals surface area contributed by atoms with Crippen LogP contribution < -0.4 is 5.73 Å². The first kappa shape index (κ1) is 8.63. The van der Waals surface area contributed by atoms with Crippen LogP contribution in [0.3, 0.4) is 0 Å². The normalized spacial score (nSPS) is 16.9. The molecular formula is C7H14NO. The highest BCUT2D eigenvalue weighted by molar-refractivity contribution is 5.87. The molecule has 0 aliphatic heterocycles. The molecule has 0 bridgehead atoms. The van der Waals surface area contributed by atoms with Gasteiger partial charge in [-0.25, -0.2) is 0 Å². The van der Waals surface area contributed by atoms with Gasteiger partial charge in [-0.3, -0.25) is 4.79 Å². The Labute approximate surface area is 56.4 Å². The van der Waals surface area contributed by atoms with E-state index in [1.807, 2.05) is 13.8 Å². The number of hydrogen-bond acceptors (Lipinski definition) is 2. The summed E-state index contributed by atoms with van der Waals surface area (Å²) in [5, 5.41) is 0. The first-order chi connectivity index (χ1) is 4.09. The maximum atomic E-state index is 10.5. The van der Waals surface area contributed by atoms with Crippen LogP contribution in [0.25, 0.3) is 0 Å². The van der Waals surface area contributed by atoms with Gasteiger partial charge in [-0.2, -0.15) is 0 Å². The van der Waals surface area contributed by atoms with Gasteiger partial charge in [0.1, 0.15) is 5.78 Å². The van der Waals surface area contributed by atoms with Crippen molar-refractivity contribution in [2.45, 2.75) is 26.3 Å². The third kappa shape index (κ3) is 2.61. The maximum Gasteiger partial charge on any atom is 0.150 e. The van der Waals surface area contributed by atoms with Gasteiger partial charge < -0.3 is 5.73 Å². The molecule has 2 nitrogen and oxygen atoms in total. The fourth-order valence-electron chi connectivity index (χ4n) is 0.571. The summed E-state index contributed by atoms with van der Waals surface area (Å²) >= 11 is 0. The molecule has 0 aromatic heterocycles. The highest BCUT2D eigenvalue weighted by Gasteiger charge is 2.14. The predicted molar refractivity (Wildman–Crippen MR) is 37.8 cm³/mol. The standard InChI is InChI=1S/C7H14NO/c1-4-5(2)7(8)6(3)9/h5,7H,3-4,8H2,1-2H3/t5-,7-/m0/s1. The van der Waals surface area contributed by atoms with Crippen molar-refractivity contribution in [2.75, 3.05) is 0 Å². The van der Waals surface area contributed by atoms with E-state index in [1.165, 1.54) is 0 Å². The molecule has 0 aliphatic rings. The van der Waals surface area contributed by atoms with Crippen LogP contribution in [-0.4, -0.2) is 11.8 Å². The fourth-order valence-corrected chi connectivity index (χ4v) is 0.571. The second-order valence-corrected chi connectivity index (χ2v) is 2.38. The van der Waals surface area contributed by atoms with Crippen LogP contribution in [-0.2, 0) is 4.79 Å². The summed E-state index contributed by atoms with van der Waals surface area (Å²) in [5.74, 6) is 0.0966. The third-order valence-corrected chi connectivity index (χ3v) is 1.63. The number of Topliss-reactive ketones (excluding diaryl/α,β-unsaturated/α-hetero) is 1. The van der Waals surface area contributed by atoms with E-state index in [4.69, 9.17) is 5.73 Å². The van der Waals surface area contributed by atoms with Gasteiger partial charge in [0.15, 0.2) is 0 Å². The van der Waals surface area contributed by atoms with Crippen LogP contribution in [0.2, 0.25) is 0 Å². The van der Waals surface area contributed by atoms with Crippen molar-refractivity contribution in [1.82, 2.24) is 0 Å². The molecular weight excluding hydrogens is 114 g/mol. The Balaban J connectivity index is 3.72. The summed E-state index contributed by atoms with van der Waals surface area (Å²) < 4.78 is 0. The summed E-state index contributed by atoms with van der Waals surface area (Å²) in [5.41, 5.74) is 5.46. The average Bonchev–Trinajstić information content (AvgIpc) is 1.84. The molecule has 0 heterocycles. The molecule has 0 amide bonds. The number of carbonyl (C=O) groups is 1. The Morgan fingerprint density at radius 1 is 1.78 bits per heavy atom. The molecule has 2 N–H and O–H groups in total. The number of hydrogen-bond donors (Lipinski definition) is 1. The van der Waals surface area contributed by atoms with Crippen molar-refractivity contribution < 1.29 is 4.79 Å². The lowest BCUT2D eigenvalue weighted by Crippen LogP contribution is -2.34. The molecule has 0 saturated heterocycles.